The highest BCUT2D eigenvalue weighted by atomic mass is 15.2. The van der Waals surface area contributed by atoms with Crippen LogP contribution >= 0.6 is 0 Å². The fourth-order valence-electron chi connectivity index (χ4n) is 1.91. The molecule has 0 aromatic heterocycles. The molecule has 0 spiro atoms. The number of aliphatic imine (C=N–C) groups is 1. The molecule has 0 fully saturated rings. The van der Waals surface area contributed by atoms with E-state index in [1.807, 2.05) is 6.08 Å². The van der Waals surface area contributed by atoms with Crippen molar-refractivity contribution in [1.82, 2.24) is 10.6 Å². The molecule has 1 atom stereocenters. The third kappa shape index (κ3) is 5.60. The zero-order chi connectivity index (χ0) is 13.9. The number of guanidine groups is 1. The second-order valence-corrected chi connectivity index (χ2v) is 4.41. The van der Waals surface area contributed by atoms with Crippen LogP contribution in [0.2, 0.25) is 0 Å². The van der Waals surface area contributed by atoms with Gasteiger partial charge in [0, 0.05) is 25.6 Å². The zero-order valence-electron chi connectivity index (χ0n) is 12.0. The lowest BCUT2D eigenvalue weighted by Gasteiger charge is -2.15. The van der Waals surface area contributed by atoms with Crippen molar-refractivity contribution in [2.45, 2.75) is 26.2 Å². The van der Waals surface area contributed by atoms with Gasteiger partial charge in [0.2, 0.25) is 0 Å². The molecule has 0 bridgehead atoms. The van der Waals surface area contributed by atoms with Gasteiger partial charge in [-0.15, -0.1) is 6.58 Å². The number of hydrogen-bond donors (Lipinski definition) is 2. The largest absolute Gasteiger partial charge is 0.357 e. The minimum atomic E-state index is 0.473. The number of benzene rings is 1. The molecular formula is C16H25N3. The Morgan fingerprint density at radius 3 is 2.58 bits per heavy atom. The Morgan fingerprint density at radius 1 is 1.26 bits per heavy atom. The van der Waals surface area contributed by atoms with Crippen molar-refractivity contribution in [2.75, 3.05) is 19.6 Å². The molecule has 0 amide bonds. The van der Waals surface area contributed by atoms with Crippen LogP contribution in [0.5, 0.6) is 0 Å². The molecular weight excluding hydrogens is 234 g/mol. The summed E-state index contributed by atoms with van der Waals surface area (Å²) in [6.45, 7) is 10.4. The van der Waals surface area contributed by atoms with Gasteiger partial charge in [0.1, 0.15) is 0 Å². The molecule has 0 aliphatic heterocycles. The molecule has 0 radical (unpaired) electrons. The second kappa shape index (κ2) is 9.20. The van der Waals surface area contributed by atoms with Gasteiger partial charge in [-0.05, 0) is 18.9 Å². The lowest BCUT2D eigenvalue weighted by molar-refractivity contribution is 0.669. The molecule has 1 rings (SSSR count). The highest BCUT2D eigenvalue weighted by molar-refractivity contribution is 5.79. The van der Waals surface area contributed by atoms with Crippen LogP contribution in [-0.4, -0.2) is 25.6 Å². The van der Waals surface area contributed by atoms with Crippen molar-refractivity contribution >= 4 is 5.96 Å². The summed E-state index contributed by atoms with van der Waals surface area (Å²) in [4.78, 5) is 4.65. The maximum Gasteiger partial charge on any atom is 0.191 e. The quantitative estimate of drug-likeness (QED) is 0.449. The Kier molecular flexibility index (Phi) is 7.40. The Bertz CT molecular complexity index is 384. The highest BCUT2D eigenvalue weighted by Crippen LogP contribution is 2.19. The first-order valence-corrected chi connectivity index (χ1v) is 6.99. The van der Waals surface area contributed by atoms with E-state index in [9.17, 15) is 0 Å². The molecule has 0 saturated carbocycles. The van der Waals surface area contributed by atoms with E-state index in [1.54, 1.807) is 0 Å². The third-order valence-corrected chi connectivity index (χ3v) is 2.99. The minimum absolute atomic E-state index is 0.473. The van der Waals surface area contributed by atoms with Crippen molar-refractivity contribution in [1.29, 1.82) is 0 Å². The minimum Gasteiger partial charge on any atom is -0.357 e. The van der Waals surface area contributed by atoms with Gasteiger partial charge in [-0.1, -0.05) is 43.3 Å². The summed E-state index contributed by atoms with van der Waals surface area (Å²) in [6, 6.07) is 10.6. The van der Waals surface area contributed by atoms with E-state index in [4.69, 9.17) is 0 Å². The van der Waals surface area contributed by atoms with Crippen LogP contribution in [0.15, 0.2) is 48.0 Å². The summed E-state index contributed by atoms with van der Waals surface area (Å²) >= 11 is 0. The van der Waals surface area contributed by atoms with Crippen LogP contribution < -0.4 is 10.6 Å². The van der Waals surface area contributed by atoms with Crippen molar-refractivity contribution < 1.29 is 0 Å². The third-order valence-electron chi connectivity index (χ3n) is 2.99. The predicted octanol–water partition coefficient (Wildman–Crippen LogP) is 2.92. The average molecular weight is 259 g/mol. The Labute approximate surface area is 116 Å². The van der Waals surface area contributed by atoms with Crippen LogP contribution in [0.1, 0.15) is 31.7 Å². The fourth-order valence-corrected chi connectivity index (χ4v) is 1.91. The van der Waals surface area contributed by atoms with Crippen molar-refractivity contribution in [3.8, 4) is 0 Å². The Balaban J connectivity index is 2.65. The maximum absolute atomic E-state index is 4.65. The first-order chi connectivity index (χ1) is 9.31. The van der Waals surface area contributed by atoms with Gasteiger partial charge >= 0.3 is 0 Å². The van der Waals surface area contributed by atoms with Gasteiger partial charge in [0.15, 0.2) is 5.96 Å². The van der Waals surface area contributed by atoms with Gasteiger partial charge in [-0.2, -0.15) is 0 Å². The van der Waals surface area contributed by atoms with Gasteiger partial charge in [-0.3, -0.25) is 4.99 Å². The molecule has 1 unspecified atom stereocenters. The highest BCUT2D eigenvalue weighted by Gasteiger charge is 2.08. The lowest BCUT2D eigenvalue weighted by Crippen LogP contribution is -2.37. The van der Waals surface area contributed by atoms with Crippen LogP contribution in [-0.2, 0) is 0 Å². The van der Waals surface area contributed by atoms with Crippen LogP contribution in [0.3, 0.4) is 0 Å². The summed E-state index contributed by atoms with van der Waals surface area (Å²) in [6.07, 6.45) is 2.93. The molecule has 19 heavy (non-hydrogen) atoms. The van der Waals surface area contributed by atoms with Crippen LogP contribution in [0, 0.1) is 0 Å². The summed E-state index contributed by atoms with van der Waals surface area (Å²) in [5, 5.41) is 6.46. The van der Waals surface area contributed by atoms with E-state index < -0.39 is 0 Å². The predicted molar refractivity (Wildman–Crippen MR) is 83.7 cm³/mol. The smallest absolute Gasteiger partial charge is 0.191 e. The standard InChI is InChI=1S/C16H25N3/c1-4-12-18-16(17-6-3)19-13-14(5-2)15-10-8-7-9-11-15/h4,7-11,14H,1,5-6,12-13H2,2-3H3,(H2,17,18,19). The Hall–Kier alpha value is -1.77. The fraction of sp³-hybridized carbons (Fsp3) is 0.438. The summed E-state index contributed by atoms with van der Waals surface area (Å²) < 4.78 is 0. The number of nitrogens with one attached hydrogen (secondary N) is 2. The average Bonchev–Trinajstić information content (AvgIpc) is 2.46. The molecule has 0 aliphatic rings. The van der Waals surface area contributed by atoms with Crippen LogP contribution in [0.25, 0.3) is 0 Å². The van der Waals surface area contributed by atoms with Crippen molar-refractivity contribution in [3.63, 3.8) is 0 Å². The molecule has 0 aliphatic carbocycles. The van der Waals surface area contributed by atoms with Gasteiger partial charge in [-0.25, -0.2) is 0 Å². The van der Waals surface area contributed by atoms with E-state index in [0.717, 1.165) is 32.0 Å². The molecule has 2 N–H and O–H groups in total. The molecule has 3 nitrogen and oxygen atoms in total. The molecule has 104 valence electrons. The first kappa shape index (κ1) is 15.3. The normalized spacial score (nSPS) is 12.8. The summed E-state index contributed by atoms with van der Waals surface area (Å²) in [5.74, 6) is 1.33. The topological polar surface area (TPSA) is 36.4 Å². The number of nitrogens with zero attached hydrogens (tertiary/aromatic N) is 1. The van der Waals surface area contributed by atoms with Crippen molar-refractivity contribution in [3.05, 3.63) is 48.6 Å². The first-order valence-electron chi connectivity index (χ1n) is 6.99. The molecule has 0 heterocycles. The number of hydrogen-bond acceptors (Lipinski definition) is 1. The summed E-state index contributed by atoms with van der Waals surface area (Å²) in [7, 11) is 0. The van der Waals surface area contributed by atoms with E-state index in [1.165, 1.54) is 5.56 Å². The molecule has 1 aromatic rings. The molecule has 3 heteroatoms. The SMILES string of the molecule is C=CCNC(=NCC(CC)c1ccccc1)NCC. The Morgan fingerprint density at radius 2 is 2.00 bits per heavy atom. The molecule has 1 aromatic carbocycles. The monoisotopic (exact) mass is 259 g/mol. The van der Waals surface area contributed by atoms with Crippen molar-refractivity contribution in [2.24, 2.45) is 4.99 Å². The second-order valence-electron chi connectivity index (χ2n) is 4.41. The number of rotatable bonds is 7. The molecule has 0 saturated heterocycles. The maximum atomic E-state index is 4.65. The van der Waals surface area contributed by atoms with Gasteiger partial charge in [0.25, 0.3) is 0 Å². The van der Waals surface area contributed by atoms with E-state index >= 15 is 0 Å². The van der Waals surface area contributed by atoms with E-state index in [-0.39, 0.29) is 0 Å². The van der Waals surface area contributed by atoms with Crippen LogP contribution in [0.4, 0.5) is 0 Å². The lowest BCUT2D eigenvalue weighted by atomic mass is 9.97. The van der Waals surface area contributed by atoms with E-state index in [2.05, 4.69) is 66.4 Å². The zero-order valence-corrected chi connectivity index (χ0v) is 12.0. The van der Waals surface area contributed by atoms with Gasteiger partial charge in [0.05, 0.1) is 0 Å². The van der Waals surface area contributed by atoms with Gasteiger partial charge < -0.3 is 10.6 Å². The summed E-state index contributed by atoms with van der Waals surface area (Å²) in [5.41, 5.74) is 1.35. The van der Waals surface area contributed by atoms with E-state index in [0.29, 0.717) is 5.92 Å².